The van der Waals surface area contributed by atoms with Gasteiger partial charge in [-0.25, -0.2) is 4.79 Å². The molecule has 0 saturated heterocycles. The number of benzene rings is 1. The molecule has 0 unspecified atom stereocenters. The van der Waals surface area contributed by atoms with E-state index in [4.69, 9.17) is 4.74 Å². The molecule has 0 bridgehead atoms. The van der Waals surface area contributed by atoms with Gasteiger partial charge in [-0.05, 0) is 37.0 Å². The van der Waals surface area contributed by atoms with Crippen LogP contribution in [0, 0.1) is 0 Å². The fraction of sp³-hybridized carbons (Fsp3) is 0.250. The summed E-state index contributed by atoms with van der Waals surface area (Å²) in [6.07, 6.45) is 5.23. The van der Waals surface area contributed by atoms with Crippen LogP contribution in [0.1, 0.15) is 12.5 Å². The molecule has 15 heavy (non-hydrogen) atoms. The van der Waals surface area contributed by atoms with Crippen LogP contribution in [0.4, 0.5) is 0 Å². The van der Waals surface area contributed by atoms with Crippen LogP contribution in [0.3, 0.4) is 0 Å². The summed E-state index contributed by atoms with van der Waals surface area (Å²) in [5.74, 6) is -0.300. The lowest BCUT2D eigenvalue weighted by atomic mass is 10.2. The zero-order valence-corrected chi connectivity index (χ0v) is 9.71. The number of carbonyl (C=O) groups is 1. The van der Waals surface area contributed by atoms with Gasteiger partial charge >= 0.3 is 5.97 Å². The molecule has 0 aliphatic rings. The minimum atomic E-state index is -0.300. The molecule has 1 rings (SSSR count). The lowest BCUT2D eigenvalue weighted by molar-refractivity contribution is -0.137. The Labute approximate surface area is 94.3 Å². The molecule has 1 aromatic rings. The zero-order chi connectivity index (χ0) is 11.1. The second-order valence-electron chi connectivity index (χ2n) is 2.86. The first-order valence-corrected chi connectivity index (χ1v) is 5.97. The molecule has 0 fully saturated rings. The Morgan fingerprint density at radius 3 is 2.60 bits per heavy atom. The van der Waals surface area contributed by atoms with Crippen molar-refractivity contribution < 1.29 is 9.53 Å². The Balaban J connectivity index is 2.60. The van der Waals surface area contributed by atoms with Gasteiger partial charge in [-0.3, -0.25) is 0 Å². The molecule has 0 aliphatic carbocycles. The van der Waals surface area contributed by atoms with Crippen LogP contribution in [0.25, 0.3) is 6.08 Å². The molecule has 0 radical (unpaired) electrons. The molecule has 0 spiro atoms. The predicted octanol–water partition coefficient (Wildman–Crippen LogP) is 2.98. The average molecular weight is 222 g/mol. The molecule has 1 aromatic carbocycles. The molecule has 0 N–H and O–H groups in total. The van der Waals surface area contributed by atoms with Crippen molar-refractivity contribution in [3.63, 3.8) is 0 Å². The monoisotopic (exact) mass is 222 g/mol. The van der Waals surface area contributed by atoms with Gasteiger partial charge in [0.05, 0.1) is 6.61 Å². The number of thioether (sulfide) groups is 1. The number of esters is 1. The Morgan fingerprint density at radius 1 is 1.40 bits per heavy atom. The maximum atomic E-state index is 11.0. The van der Waals surface area contributed by atoms with E-state index in [1.807, 2.05) is 30.5 Å². The standard InChI is InChI=1S/C12H14O2S/c1-3-14-12(13)9-6-10-4-7-11(15-2)8-5-10/h4-9H,3H2,1-2H3/b9-6+. The lowest BCUT2D eigenvalue weighted by Gasteiger charge is -1.97. The van der Waals surface area contributed by atoms with E-state index in [1.165, 1.54) is 11.0 Å². The van der Waals surface area contributed by atoms with Gasteiger partial charge < -0.3 is 4.74 Å². The highest BCUT2D eigenvalue weighted by atomic mass is 32.2. The highest BCUT2D eigenvalue weighted by Gasteiger charge is 1.94. The van der Waals surface area contributed by atoms with Crippen LogP contribution in [0.5, 0.6) is 0 Å². The first-order valence-electron chi connectivity index (χ1n) is 4.75. The van der Waals surface area contributed by atoms with Crippen molar-refractivity contribution >= 4 is 23.8 Å². The average Bonchev–Trinajstić information content (AvgIpc) is 2.27. The Bertz CT molecular complexity index is 341. The Hall–Kier alpha value is -1.22. The molecule has 0 aromatic heterocycles. The SMILES string of the molecule is CCOC(=O)/C=C/c1ccc(SC)cc1. The van der Waals surface area contributed by atoms with E-state index in [0.29, 0.717) is 6.61 Å². The van der Waals surface area contributed by atoms with Crippen LogP contribution in [0.2, 0.25) is 0 Å². The van der Waals surface area contributed by atoms with Crippen molar-refractivity contribution in [3.8, 4) is 0 Å². The smallest absolute Gasteiger partial charge is 0.330 e. The van der Waals surface area contributed by atoms with E-state index < -0.39 is 0 Å². The van der Waals surface area contributed by atoms with Gasteiger partial charge in [-0.2, -0.15) is 0 Å². The molecule has 0 atom stereocenters. The predicted molar refractivity (Wildman–Crippen MR) is 63.9 cm³/mol. The Morgan fingerprint density at radius 2 is 2.07 bits per heavy atom. The van der Waals surface area contributed by atoms with Crippen LogP contribution in [-0.4, -0.2) is 18.8 Å². The number of carbonyl (C=O) groups excluding carboxylic acids is 1. The number of hydrogen-bond donors (Lipinski definition) is 0. The van der Waals surface area contributed by atoms with Gasteiger partial charge in [0.1, 0.15) is 0 Å². The minimum Gasteiger partial charge on any atom is -0.463 e. The molecule has 0 aliphatic heterocycles. The minimum absolute atomic E-state index is 0.300. The van der Waals surface area contributed by atoms with Crippen LogP contribution < -0.4 is 0 Å². The zero-order valence-electron chi connectivity index (χ0n) is 8.90. The second-order valence-corrected chi connectivity index (χ2v) is 3.74. The maximum absolute atomic E-state index is 11.0. The third-order valence-electron chi connectivity index (χ3n) is 1.81. The van der Waals surface area contributed by atoms with Crippen LogP contribution in [0.15, 0.2) is 35.2 Å². The highest BCUT2D eigenvalue weighted by Crippen LogP contribution is 2.15. The molecule has 80 valence electrons. The van der Waals surface area contributed by atoms with E-state index in [1.54, 1.807) is 24.8 Å². The summed E-state index contributed by atoms with van der Waals surface area (Å²) in [5, 5.41) is 0. The first-order chi connectivity index (χ1) is 7.26. The van der Waals surface area contributed by atoms with Crippen molar-refractivity contribution in [3.05, 3.63) is 35.9 Å². The topological polar surface area (TPSA) is 26.3 Å². The van der Waals surface area contributed by atoms with Gasteiger partial charge in [-0.1, -0.05) is 12.1 Å². The van der Waals surface area contributed by atoms with E-state index in [2.05, 4.69) is 0 Å². The number of ether oxygens (including phenoxy) is 1. The summed E-state index contributed by atoms with van der Waals surface area (Å²) in [6, 6.07) is 7.99. The van der Waals surface area contributed by atoms with Crippen LogP contribution in [-0.2, 0) is 9.53 Å². The summed E-state index contributed by atoms with van der Waals surface area (Å²) in [7, 11) is 0. The van der Waals surface area contributed by atoms with E-state index in [9.17, 15) is 4.79 Å². The van der Waals surface area contributed by atoms with Crippen LogP contribution >= 0.6 is 11.8 Å². The highest BCUT2D eigenvalue weighted by molar-refractivity contribution is 7.98. The quantitative estimate of drug-likeness (QED) is 0.445. The molecule has 2 nitrogen and oxygen atoms in total. The summed E-state index contributed by atoms with van der Waals surface area (Å²) >= 11 is 1.69. The Kier molecular flexibility index (Phi) is 4.98. The lowest BCUT2D eigenvalue weighted by Crippen LogP contribution is -1.98. The van der Waals surface area contributed by atoms with Crippen molar-refractivity contribution in [2.24, 2.45) is 0 Å². The van der Waals surface area contributed by atoms with E-state index in [0.717, 1.165) is 5.56 Å². The molecule has 3 heteroatoms. The number of hydrogen-bond acceptors (Lipinski definition) is 3. The van der Waals surface area contributed by atoms with Gasteiger partial charge in [-0.15, -0.1) is 11.8 Å². The third-order valence-corrected chi connectivity index (χ3v) is 2.56. The summed E-state index contributed by atoms with van der Waals surface area (Å²) in [6.45, 7) is 2.20. The van der Waals surface area contributed by atoms with Crippen molar-refractivity contribution in [2.45, 2.75) is 11.8 Å². The van der Waals surface area contributed by atoms with Crippen molar-refractivity contribution in [2.75, 3.05) is 12.9 Å². The summed E-state index contributed by atoms with van der Waals surface area (Å²) < 4.78 is 4.78. The maximum Gasteiger partial charge on any atom is 0.330 e. The normalized spacial score (nSPS) is 10.5. The largest absolute Gasteiger partial charge is 0.463 e. The molecular weight excluding hydrogens is 208 g/mol. The summed E-state index contributed by atoms with van der Waals surface area (Å²) in [4.78, 5) is 12.2. The first kappa shape index (κ1) is 11.9. The number of rotatable bonds is 4. The molecule has 0 heterocycles. The van der Waals surface area contributed by atoms with Crippen molar-refractivity contribution in [1.29, 1.82) is 0 Å². The summed E-state index contributed by atoms with van der Waals surface area (Å²) in [5.41, 5.74) is 1.00. The third kappa shape index (κ3) is 4.21. The molecule has 0 saturated carbocycles. The molecule has 0 amide bonds. The fourth-order valence-corrected chi connectivity index (χ4v) is 1.48. The van der Waals surface area contributed by atoms with Gasteiger partial charge in [0.25, 0.3) is 0 Å². The van der Waals surface area contributed by atoms with Gasteiger partial charge in [0.15, 0.2) is 0 Å². The van der Waals surface area contributed by atoms with Crippen molar-refractivity contribution in [1.82, 2.24) is 0 Å². The molecular formula is C12H14O2S. The fourth-order valence-electron chi connectivity index (χ4n) is 1.07. The van der Waals surface area contributed by atoms with Gasteiger partial charge in [0.2, 0.25) is 0 Å². The van der Waals surface area contributed by atoms with E-state index >= 15 is 0 Å². The van der Waals surface area contributed by atoms with Gasteiger partial charge in [0, 0.05) is 11.0 Å². The second kappa shape index (κ2) is 6.30. The van der Waals surface area contributed by atoms with E-state index in [-0.39, 0.29) is 5.97 Å².